The maximum atomic E-state index is 6.17. The van der Waals surface area contributed by atoms with Crippen LogP contribution in [0.4, 0.5) is 0 Å². The Hall–Kier alpha value is -0.120. The van der Waals surface area contributed by atoms with Gasteiger partial charge in [0.2, 0.25) is 0 Å². The molecule has 0 bridgehead atoms. The maximum absolute atomic E-state index is 6.17. The normalized spacial score (nSPS) is 23.8. The van der Waals surface area contributed by atoms with Crippen molar-refractivity contribution >= 4 is 0 Å². The first-order valence-corrected chi connectivity index (χ1v) is 7.38. The SMILES string of the molecule is CCOCC(NC)C1(OCC)CCC(C)(C)CC1. The predicted octanol–water partition coefficient (Wildman–Crippen LogP) is 2.99. The van der Waals surface area contributed by atoms with E-state index < -0.39 is 0 Å². The van der Waals surface area contributed by atoms with Gasteiger partial charge in [0.15, 0.2) is 0 Å². The molecule has 1 N–H and O–H groups in total. The van der Waals surface area contributed by atoms with E-state index in [1.54, 1.807) is 0 Å². The lowest BCUT2D eigenvalue weighted by atomic mass is 9.68. The van der Waals surface area contributed by atoms with E-state index >= 15 is 0 Å². The summed E-state index contributed by atoms with van der Waals surface area (Å²) < 4.78 is 11.8. The summed E-state index contributed by atoms with van der Waals surface area (Å²) in [5.74, 6) is 0. The van der Waals surface area contributed by atoms with Crippen molar-refractivity contribution in [1.82, 2.24) is 5.32 Å². The molecule has 18 heavy (non-hydrogen) atoms. The van der Waals surface area contributed by atoms with Gasteiger partial charge in [-0.1, -0.05) is 13.8 Å². The average molecular weight is 257 g/mol. The molecule has 1 saturated carbocycles. The summed E-state index contributed by atoms with van der Waals surface area (Å²) in [4.78, 5) is 0. The van der Waals surface area contributed by atoms with Crippen LogP contribution < -0.4 is 5.32 Å². The van der Waals surface area contributed by atoms with Gasteiger partial charge in [-0.2, -0.15) is 0 Å². The molecule has 3 heteroatoms. The van der Waals surface area contributed by atoms with Crippen LogP contribution in [0.15, 0.2) is 0 Å². The lowest BCUT2D eigenvalue weighted by Gasteiger charge is -2.47. The fourth-order valence-corrected chi connectivity index (χ4v) is 2.96. The lowest BCUT2D eigenvalue weighted by molar-refractivity contribution is -0.118. The van der Waals surface area contributed by atoms with Gasteiger partial charge in [-0.15, -0.1) is 0 Å². The molecule has 0 saturated heterocycles. The zero-order valence-electron chi connectivity index (χ0n) is 12.8. The Labute approximate surface area is 113 Å². The van der Waals surface area contributed by atoms with Gasteiger partial charge in [-0.05, 0) is 52.0 Å². The Morgan fingerprint density at radius 3 is 2.11 bits per heavy atom. The smallest absolute Gasteiger partial charge is 0.0857 e. The van der Waals surface area contributed by atoms with Gasteiger partial charge in [-0.3, -0.25) is 0 Å². The van der Waals surface area contributed by atoms with Crippen molar-refractivity contribution < 1.29 is 9.47 Å². The topological polar surface area (TPSA) is 30.5 Å². The van der Waals surface area contributed by atoms with Gasteiger partial charge >= 0.3 is 0 Å². The van der Waals surface area contributed by atoms with Crippen LogP contribution in [0.1, 0.15) is 53.4 Å². The molecule has 3 nitrogen and oxygen atoms in total. The molecule has 0 heterocycles. The first kappa shape index (κ1) is 15.9. The standard InChI is InChI=1S/C15H31NO2/c1-6-17-12-13(16-5)15(18-7-2)10-8-14(3,4)9-11-15/h13,16H,6-12H2,1-5H3. The van der Waals surface area contributed by atoms with E-state index in [0.717, 1.165) is 32.7 Å². The molecule has 1 atom stereocenters. The molecule has 1 fully saturated rings. The zero-order valence-corrected chi connectivity index (χ0v) is 12.8. The Balaban J connectivity index is 2.72. The molecule has 1 unspecified atom stereocenters. The highest BCUT2D eigenvalue weighted by Gasteiger charge is 2.44. The predicted molar refractivity (Wildman–Crippen MR) is 75.9 cm³/mol. The summed E-state index contributed by atoms with van der Waals surface area (Å²) in [6.45, 7) is 11.2. The highest BCUT2D eigenvalue weighted by molar-refractivity contribution is 4.98. The third-order valence-electron chi connectivity index (χ3n) is 4.35. The Kier molecular flexibility index (Phi) is 6.09. The monoisotopic (exact) mass is 257 g/mol. The molecule has 0 radical (unpaired) electrons. The van der Waals surface area contributed by atoms with E-state index in [0.29, 0.717) is 11.5 Å². The average Bonchev–Trinajstić information content (AvgIpc) is 2.34. The van der Waals surface area contributed by atoms with Gasteiger partial charge in [0, 0.05) is 13.2 Å². The summed E-state index contributed by atoms with van der Waals surface area (Å²) in [6, 6.07) is 0.300. The van der Waals surface area contributed by atoms with Crippen LogP contribution in [0, 0.1) is 5.41 Å². The van der Waals surface area contributed by atoms with Crippen LogP contribution in [0.5, 0.6) is 0 Å². The number of nitrogens with one attached hydrogen (secondary N) is 1. The summed E-state index contributed by atoms with van der Waals surface area (Å²) >= 11 is 0. The van der Waals surface area contributed by atoms with Gasteiger partial charge in [0.25, 0.3) is 0 Å². The second-order valence-electron chi connectivity index (χ2n) is 6.16. The first-order chi connectivity index (χ1) is 8.49. The number of rotatable bonds is 7. The van der Waals surface area contributed by atoms with E-state index in [4.69, 9.17) is 9.47 Å². The maximum Gasteiger partial charge on any atom is 0.0857 e. The van der Waals surface area contributed by atoms with Crippen LogP contribution in [-0.4, -0.2) is 38.5 Å². The van der Waals surface area contributed by atoms with E-state index in [1.807, 2.05) is 14.0 Å². The molecular formula is C15H31NO2. The lowest BCUT2D eigenvalue weighted by Crippen LogP contribution is -2.56. The quantitative estimate of drug-likeness (QED) is 0.760. The second kappa shape index (κ2) is 6.88. The van der Waals surface area contributed by atoms with Crippen LogP contribution in [0.25, 0.3) is 0 Å². The summed E-state index contributed by atoms with van der Waals surface area (Å²) in [7, 11) is 2.02. The molecule has 0 aromatic carbocycles. The molecule has 0 aromatic heterocycles. The van der Waals surface area contributed by atoms with E-state index in [2.05, 4.69) is 26.1 Å². The molecule has 0 spiro atoms. The minimum Gasteiger partial charge on any atom is -0.380 e. The molecule has 1 rings (SSSR count). The van der Waals surface area contributed by atoms with E-state index in [9.17, 15) is 0 Å². The summed E-state index contributed by atoms with van der Waals surface area (Å²) in [5.41, 5.74) is 0.429. The molecule has 1 aliphatic carbocycles. The van der Waals surface area contributed by atoms with Crippen LogP contribution in [0.2, 0.25) is 0 Å². The minimum absolute atomic E-state index is 0.0335. The molecule has 0 aromatic rings. The highest BCUT2D eigenvalue weighted by atomic mass is 16.5. The van der Waals surface area contributed by atoms with Crippen molar-refractivity contribution in [2.45, 2.75) is 65.0 Å². The zero-order chi connectivity index (χ0) is 13.6. The van der Waals surface area contributed by atoms with Gasteiger partial charge in [-0.25, -0.2) is 0 Å². The number of likely N-dealkylation sites (N-methyl/N-ethyl adjacent to an activating group) is 1. The minimum atomic E-state index is -0.0335. The second-order valence-corrected chi connectivity index (χ2v) is 6.16. The molecule has 0 amide bonds. The van der Waals surface area contributed by atoms with Crippen molar-refractivity contribution in [3.05, 3.63) is 0 Å². The number of hydrogen-bond acceptors (Lipinski definition) is 3. The van der Waals surface area contributed by atoms with Crippen molar-refractivity contribution in [2.75, 3.05) is 26.9 Å². The number of hydrogen-bond donors (Lipinski definition) is 1. The highest BCUT2D eigenvalue weighted by Crippen LogP contribution is 2.43. The summed E-state index contributed by atoms with van der Waals surface area (Å²) in [5, 5.41) is 3.41. The van der Waals surface area contributed by atoms with Gasteiger partial charge in [0.1, 0.15) is 0 Å². The van der Waals surface area contributed by atoms with Crippen molar-refractivity contribution in [3.8, 4) is 0 Å². The van der Waals surface area contributed by atoms with Crippen LogP contribution >= 0.6 is 0 Å². The van der Waals surface area contributed by atoms with Gasteiger partial charge in [0.05, 0.1) is 18.2 Å². The third kappa shape index (κ3) is 3.94. The first-order valence-electron chi connectivity index (χ1n) is 7.38. The fraction of sp³-hybridized carbons (Fsp3) is 1.00. The van der Waals surface area contributed by atoms with Crippen molar-refractivity contribution in [3.63, 3.8) is 0 Å². The Morgan fingerprint density at radius 1 is 1.06 bits per heavy atom. The van der Waals surface area contributed by atoms with E-state index in [1.165, 1.54) is 12.8 Å². The van der Waals surface area contributed by atoms with Crippen LogP contribution in [-0.2, 0) is 9.47 Å². The fourth-order valence-electron chi connectivity index (χ4n) is 2.96. The van der Waals surface area contributed by atoms with Crippen molar-refractivity contribution in [2.24, 2.45) is 5.41 Å². The van der Waals surface area contributed by atoms with E-state index in [-0.39, 0.29) is 5.60 Å². The molecule has 108 valence electrons. The molecule has 1 aliphatic rings. The third-order valence-corrected chi connectivity index (χ3v) is 4.35. The Morgan fingerprint density at radius 2 is 1.67 bits per heavy atom. The molecule has 0 aliphatic heterocycles. The Bertz CT molecular complexity index is 231. The largest absolute Gasteiger partial charge is 0.380 e. The molecular weight excluding hydrogens is 226 g/mol. The van der Waals surface area contributed by atoms with Crippen LogP contribution in [0.3, 0.4) is 0 Å². The number of ether oxygens (including phenoxy) is 2. The summed E-state index contributed by atoms with van der Waals surface area (Å²) in [6.07, 6.45) is 4.73. The van der Waals surface area contributed by atoms with Crippen molar-refractivity contribution in [1.29, 1.82) is 0 Å². The van der Waals surface area contributed by atoms with Gasteiger partial charge < -0.3 is 14.8 Å².